The Morgan fingerprint density at radius 1 is 1.33 bits per heavy atom. The van der Waals surface area contributed by atoms with E-state index < -0.39 is 4.92 Å². The summed E-state index contributed by atoms with van der Waals surface area (Å²) in [4.78, 5) is 23.6. The van der Waals surface area contributed by atoms with Crippen LogP contribution in [0.4, 0.5) is 5.82 Å². The van der Waals surface area contributed by atoms with Gasteiger partial charge < -0.3 is 25.3 Å². The highest BCUT2D eigenvalue weighted by molar-refractivity contribution is 5.85. The Hall–Kier alpha value is -3.11. The van der Waals surface area contributed by atoms with Crippen LogP contribution >= 0.6 is 0 Å². The first-order chi connectivity index (χ1) is 13.0. The molecule has 0 bridgehead atoms. The van der Waals surface area contributed by atoms with Crippen molar-refractivity contribution in [3.63, 3.8) is 0 Å². The standard InChI is InChI=1S/C17H20N6O4/c1-11-3-4-13-12(9-11)17(27-8-6-18-5-7-24)21-15(20-13)16-19-10-14(22(16)2)23(25)26/h3-4,9-10,18,24H,5-8H2,1-2H3. The Kier molecular flexibility index (Phi) is 5.57. The third kappa shape index (κ3) is 4.01. The highest BCUT2D eigenvalue weighted by atomic mass is 16.6. The monoisotopic (exact) mass is 372 g/mol. The molecule has 3 aromatic rings. The van der Waals surface area contributed by atoms with Crippen molar-refractivity contribution < 1.29 is 14.8 Å². The molecule has 10 nitrogen and oxygen atoms in total. The van der Waals surface area contributed by atoms with Crippen LogP contribution in [0, 0.1) is 17.0 Å². The molecular formula is C17H20N6O4. The van der Waals surface area contributed by atoms with Crippen LogP contribution in [0.15, 0.2) is 24.4 Å². The lowest BCUT2D eigenvalue weighted by molar-refractivity contribution is -0.391. The number of hydrogen-bond acceptors (Lipinski definition) is 8. The average molecular weight is 372 g/mol. The minimum atomic E-state index is -0.509. The molecule has 0 fully saturated rings. The van der Waals surface area contributed by atoms with Gasteiger partial charge in [-0.2, -0.15) is 4.98 Å². The molecule has 0 amide bonds. The van der Waals surface area contributed by atoms with Gasteiger partial charge in [0.1, 0.15) is 12.8 Å². The van der Waals surface area contributed by atoms with Crippen molar-refractivity contribution in [1.82, 2.24) is 24.8 Å². The van der Waals surface area contributed by atoms with Crippen LogP contribution < -0.4 is 10.1 Å². The van der Waals surface area contributed by atoms with Gasteiger partial charge in [-0.1, -0.05) is 11.6 Å². The molecule has 0 aliphatic rings. The summed E-state index contributed by atoms with van der Waals surface area (Å²) in [7, 11) is 1.54. The fourth-order valence-corrected chi connectivity index (χ4v) is 2.63. The number of rotatable bonds is 8. The first kappa shape index (κ1) is 18.7. The zero-order valence-electron chi connectivity index (χ0n) is 15.0. The lowest BCUT2D eigenvalue weighted by Crippen LogP contribution is -2.24. The molecule has 2 heterocycles. The van der Waals surface area contributed by atoms with Crippen molar-refractivity contribution in [2.45, 2.75) is 6.92 Å². The number of aliphatic hydroxyl groups is 1. The van der Waals surface area contributed by atoms with Gasteiger partial charge in [0.15, 0.2) is 0 Å². The summed E-state index contributed by atoms with van der Waals surface area (Å²) in [6.45, 7) is 3.39. The minimum Gasteiger partial charge on any atom is -0.476 e. The van der Waals surface area contributed by atoms with Gasteiger partial charge in [-0.05, 0) is 24.0 Å². The molecule has 142 valence electrons. The highest BCUT2D eigenvalue weighted by Crippen LogP contribution is 2.28. The van der Waals surface area contributed by atoms with Gasteiger partial charge in [-0.3, -0.25) is 0 Å². The van der Waals surface area contributed by atoms with Gasteiger partial charge in [0.25, 0.3) is 5.82 Å². The van der Waals surface area contributed by atoms with Crippen molar-refractivity contribution in [2.75, 3.05) is 26.3 Å². The molecule has 0 unspecified atom stereocenters. The summed E-state index contributed by atoms with van der Waals surface area (Å²) < 4.78 is 7.15. The van der Waals surface area contributed by atoms with Crippen LogP contribution in [0.1, 0.15) is 5.56 Å². The SMILES string of the molecule is Cc1ccc2nc(-c3ncc([N+](=O)[O-])n3C)nc(OCCNCCO)c2c1. The van der Waals surface area contributed by atoms with E-state index in [-0.39, 0.29) is 24.1 Å². The van der Waals surface area contributed by atoms with Gasteiger partial charge in [0.05, 0.1) is 24.6 Å². The second kappa shape index (κ2) is 8.06. The van der Waals surface area contributed by atoms with Crippen molar-refractivity contribution >= 4 is 16.7 Å². The Morgan fingerprint density at radius 2 is 2.15 bits per heavy atom. The summed E-state index contributed by atoms with van der Waals surface area (Å²) in [5.41, 5.74) is 1.70. The molecule has 10 heteroatoms. The van der Waals surface area contributed by atoms with Crippen LogP contribution in [-0.2, 0) is 7.05 Å². The topological polar surface area (TPSA) is 128 Å². The molecule has 2 aromatic heterocycles. The second-order valence-electron chi connectivity index (χ2n) is 5.95. The number of imidazole rings is 1. The normalized spacial score (nSPS) is 11.1. The summed E-state index contributed by atoms with van der Waals surface area (Å²) in [5.74, 6) is 0.774. The number of nitro groups is 1. The molecule has 3 rings (SSSR count). The van der Waals surface area contributed by atoms with E-state index in [1.54, 1.807) is 7.05 Å². The van der Waals surface area contributed by atoms with Gasteiger partial charge in [0, 0.05) is 13.1 Å². The predicted molar refractivity (Wildman–Crippen MR) is 98.6 cm³/mol. The number of nitrogens with zero attached hydrogens (tertiary/aromatic N) is 5. The molecule has 0 aliphatic heterocycles. The highest BCUT2D eigenvalue weighted by Gasteiger charge is 2.22. The molecule has 27 heavy (non-hydrogen) atoms. The number of aromatic nitrogens is 4. The van der Waals surface area contributed by atoms with Crippen molar-refractivity contribution in [3.8, 4) is 17.5 Å². The van der Waals surface area contributed by atoms with E-state index in [9.17, 15) is 10.1 Å². The predicted octanol–water partition coefficient (Wildman–Crippen LogP) is 1.21. The summed E-state index contributed by atoms with van der Waals surface area (Å²) in [6, 6.07) is 5.70. The van der Waals surface area contributed by atoms with Gasteiger partial charge in [-0.25, -0.2) is 14.5 Å². The fraction of sp³-hybridized carbons (Fsp3) is 0.353. The summed E-state index contributed by atoms with van der Waals surface area (Å²) in [5, 5.41) is 23.6. The molecule has 0 atom stereocenters. The second-order valence-corrected chi connectivity index (χ2v) is 5.95. The van der Waals surface area contributed by atoms with E-state index in [2.05, 4.69) is 20.3 Å². The maximum Gasteiger partial charge on any atom is 0.343 e. The number of ether oxygens (including phenoxy) is 1. The number of nitrogens with one attached hydrogen (secondary N) is 1. The van der Waals surface area contributed by atoms with Crippen LogP contribution in [-0.4, -0.2) is 55.9 Å². The molecule has 0 spiro atoms. The number of aryl methyl sites for hydroxylation is 1. The summed E-state index contributed by atoms with van der Waals surface area (Å²) >= 11 is 0. The zero-order valence-corrected chi connectivity index (χ0v) is 15.0. The maximum absolute atomic E-state index is 11.1. The molecule has 0 saturated heterocycles. The van der Waals surface area contributed by atoms with Crippen LogP contribution in [0.3, 0.4) is 0 Å². The number of benzene rings is 1. The quantitative estimate of drug-likeness (QED) is 0.343. The van der Waals surface area contributed by atoms with Gasteiger partial charge >= 0.3 is 5.82 Å². The number of hydrogen-bond donors (Lipinski definition) is 2. The third-order valence-corrected chi connectivity index (χ3v) is 3.97. The van der Waals surface area contributed by atoms with E-state index in [1.807, 2.05) is 25.1 Å². The van der Waals surface area contributed by atoms with Crippen LogP contribution in [0.25, 0.3) is 22.6 Å². The fourth-order valence-electron chi connectivity index (χ4n) is 2.63. The Morgan fingerprint density at radius 3 is 2.85 bits per heavy atom. The molecule has 0 radical (unpaired) electrons. The molecule has 2 N–H and O–H groups in total. The lowest BCUT2D eigenvalue weighted by atomic mass is 10.1. The summed E-state index contributed by atoms with van der Waals surface area (Å²) in [6.07, 6.45) is 1.18. The first-order valence-electron chi connectivity index (χ1n) is 8.40. The van der Waals surface area contributed by atoms with E-state index in [4.69, 9.17) is 9.84 Å². The van der Waals surface area contributed by atoms with E-state index in [0.29, 0.717) is 31.1 Å². The number of aliphatic hydroxyl groups excluding tert-OH is 1. The average Bonchev–Trinajstić information content (AvgIpc) is 3.03. The van der Waals surface area contributed by atoms with Crippen LogP contribution in [0.2, 0.25) is 0 Å². The van der Waals surface area contributed by atoms with Crippen molar-refractivity contribution in [2.24, 2.45) is 7.05 Å². The van der Waals surface area contributed by atoms with E-state index in [0.717, 1.165) is 10.9 Å². The van der Waals surface area contributed by atoms with E-state index in [1.165, 1.54) is 10.8 Å². The first-order valence-corrected chi connectivity index (χ1v) is 8.40. The largest absolute Gasteiger partial charge is 0.476 e. The molecule has 0 saturated carbocycles. The Balaban J connectivity index is 1.99. The zero-order chi connectivity index (χ0) is 19.4. The third-order valence-electron chi connectivity index (χ3n) is 3.97. The molecule has 0 aliphatic carbocycles. The smallest absolute Gasteiger partial charge is 0.343 e. The van der Waals surface area contributed by atoms with Crippen molar-refractivity contribution in [3.05, 3.63) is 40.1 Å². The maximum atomic E-state index is 11.1. The Labute approximate surface area is 155 Å². The molecule has 1 aromatic carbocycles. The minimum absolute atomic E-state index is 0.0533. The lowest BCUT2D eigenvalue weighted by Gasteiger charge is -2.10. The Bertz CT molecular complexity index is 971. The van der Waals surface area contributed by atoms with Crippen molar-refractivity contribution in [1.29, 1.82) is 0 Å². The van der Waals surface area contributed by atoms with Crippen LogP contribution in [0.5, 0.6) is 5.88 Å². The van der Waals surface area contributed by atoms with E-state index >= 15 is 0 Å². The molecular weight excluding hydrogens is 352 g/mol. The number of fused-ring (bicyclic) bond motifs is 1. The van der Waals surface area contributed by atoms with Gasteiger partial charge in [0.2, 0.25) is 11.7 Å². The van der Waals surface area contributed by atoms with Gasteiger partial charge in [-0.15, -0.1) is 0 Å².